The fraction of sp³-hybridized carbons (Fsp3) is 0.222. The van der Waals surface area contributed by atoms with Crippen LogP contribution in [0, 0.1) is 0 Å². The molecule has 0 aliphatic rings. The first-order valence-corrected chi connectivity index (χ1v) is 5.53. The van der Waals surface area contributed by atoms with Gasteiger partial charge in [-0.05, 0) is 0 Å². The Labute approximate surface area is 94.2 Å². The summed E-state index contributed by atoms with van der Waals surface area (Å²) in [6.45, 7) is 0. The van der Waals surface area contributed by atoms with E-state index in [0.29, 0.717) is 0 Å². The average Bonchev–Trinajstić information content (AvgIpc) is 2.15. The monoisotopic (exact) mass is 305 g/mol. The quantitative estimate of drug-likeness (QED) is 0.477. The summed E-state index contributed by atoms with van der Waals surface area (Å²) in [4.78, 5) is 4.75. The van der Waals surface area contributed by atoms with Crippen molar-refractivity contribution in [3.05, 3.63) is 35.9 Å². The van der Waals surface area contributed by atoms with Gasteiger partial charge in [0.25, 0.3) is 0 Å². The summed E-state index contributed by atoms with van der Waals surface area (Å²) in [7, 11) is 1.53. The van der Waals surface area contributed by atoms with Gasteiger partial charge in [0.05, 0.1) is 0 Å². The summed E-state index contributed by atoms with van der Waals surface area (Å²) in [5.41, 5.74) is 1.85. The standard InChI is InChI=1S/C9H9Br2NO/c1-13-12-8(9(10)11)7-5-3-2-4-6-7/h2-6,9H,1H3/b12-8-. The molecule has 0 radical (unpaired) electrons. The van der Waals surface area contributed by atoms with Crippen molar-refractivity contribution in [1.29, 1.82) is 0 Å². The minimum absolute atomic E-state index is 0.00218. The molecule has 0 fully saturated rings. The van der Waals surface area contributed by atoms with Gasteiger partial charge in [0.15, 0.2) is 0 Å². The van der Waals surface area contributed by atoms with Crippen molar-refractivity contribution in [3.8, 4) is 0 Å². The number of nitrogens with zero attached hydrogens (tertiary/aromatic N) is 1. The topological polar surface area (TPSA) is 21.6 Å². The van der Waals surface area contributed by atoms with Gasteiger partial charge in [-0.1, -0.05) is 67.3 Å². The number of rotatable bonds is 3. The Kier molecular flexibility index (Phi) is 4.45. The molecule has 0 spiro atoms. The molecular weight excluding hydrogens is 298 g/mol. The van der Waals surface area contributed by atoms with Gasteiger partial charge in [0.2, 0.25) is 0 Å². The Morgan fingerprint density at radius 1 is 1.31 bits per heavy atom. The zero-order valence-corrected chi connectivity index (χ0v) is 10.2. The molecule has 0 aliphatic heterocycles. The fourth-order valence-electron chi connectivity index (χ4n) is 0.926. The number of hydrogen-bond acceptors (Lipinski definition) is 2. The minimum Gasteiger partial charge on any atom is -0.399 e. The average molecular weight is 307 g/mol. The lowest BCUT2D eigenvalue weighted by atomic mass is 10.1. The number of oxime groups is 1. The molecule has 0 unspecified atom stereocenters. The van der Waals surface area contributed by atoms with Crippen molar-refractivity contribution in [2.45, 2.75) is 3.74 Å². The molecule has 4 heteroatoms. The van der Waals surface area contributed by atoms with Crippen LogP contribution in [0.15, 0.2) is 35.5 Å². The number of alkyl halides is 2. The highest BCUT2D eigenvalue weighted by molar-refractivity contribution is 9.25. The summed E-state index contributed by atoms with van der Waals surface area (Å²) in [6, 6.07) is 9.85. The predicted octanol–water partition coefficient (Wildman–Crippen LogP) is 3.15. The molecule has 0 aromatic heterocycles. The smallest absolute Gasteiger partial charge is 0.116 e. The van der Waals surface area contributed by atoms with Crippen LogP contribution in [0.2, 0.25) is 0 Å². The Bertz CT molecular complexity index is 285. The molecule has 1 aromatic carbocycles. The first kappa shape index (κ1) is 10.7. The number of benzene rings is 1. The first-order chi connectivity index (χ1) is 6.25. The molecule has 0 amide bonds. The van der Waals surface area contributed by atoms with E-state index in [2.05, 4.69) is 37.0 Å². The van der Waals surface area contributed by atoms with E-state index in [1.54, 1.807) is 0 Å². The Morgan fingerprint density at radius 2 is 1.92 bits per heavy atom. The van der Waals surface area contributed by atoms with E-state index in [9.17, 15) is 0 Å². The summed E-state index contributed by atoms with van der Waals surface area (Å²) in [6.07, 6.45) is 0. The van der Waals surface area contributed by atoms with Crippen LogP contribution >= 0.6 is 31.9 Å². The van der Waals surface area contributed by atoms with Crippen molar-refractivity contribution in [3.63, 3.8) is 0 Å². The van der Waals surface area contributed by atoms with E-state index in [1.807, 2.05) is 30.3 Å². The molecule has 0 bridgehead atoms. The van der Waals surface area contributed by atoms with E-state index in [0.717, 1.165) is 11.3 Å². The van der Waals surface area contributed by atoms with Crippen LogP contribution in [-0.4, -0.2) is 16.6 Å². The van der Waals surface area contributed by atoms with Crippen LogP contribution in [0.3, 0.4) is 0 Å². The molecule has 0 saturated heterocycles. The highest BCUT2D eigenvalue weighted by Crippen LogP contribution is 2.16. The van der Waals surface area contributed by atoms with Crippen molar-refractivity contribution in [2.24, 2.45) is 5.16 Å². The normalized spacial score (nSPS) is 11.8. The second kappa shape index (κ2) is 5.40. The summed E-state index contributed by atoms with van der Waals surface area (Å²) in [5.74, 6) is 0. The summed E-state index contributed by atoms with van der Waals surface area (Å²) >= 11 is 6.77. The third kappa shape index (κ3) is 3.12. The number of hydrogen-bond donors (Lipinski definition) is 0. The predicted molar refractivity (Wildman–Crippen MR) is 61.6 cm³/mol. The summed E-state index contributed by atoms with van der Waals surface area (Å²) in [5, 5.41) is 3.92. The molecule has 1 rings (SSSR count). The zero-order valence-electron chi connectivity index (χ0n) is 7.08. The minimum atomic E-state index is 0.00218. The lowest BCUT2D eigenvalue weighted by Crippen LogP contribution is -2.09. The van der Waals surface area contributed by atoms with Crippen LogP contribution in [0.5, 0.6) is 0 Å². The zero-order chi connectivity index (χ0) is 9.68. The molecule has 0 aliphatic carbocycles. The lowest BCUT2D eigenvalue weighted by Gasteiger charge is -2.05. The molecule has 0 saturated carbocycles. The lowest BCUT2D eigenvalue weighted by molar-refractivity contribution is 0.213. The Balaban J connectivity index is 2.96. The van der Waals surface area contributed by atoms with Crippen molar-refractivity contribution >= 4 is 37.6 Å². The van der Waals surface area contributed by atoms with Gasteiger partial charge in [0.1, 0.15) is 16.6 Å². The maximum atomic E-state index is 4.75. The van der Waals surface area contributed by atoms with Crippen LogP contribution in [-0.2, 0) is 4.84 Å². The molecular formula is C9H9Br2NO. The Hall–Kier alpha value is -0.350. The van der Waals surface area contributed by atoms with Crippen LogP contribution < -0.4 is 0 Å². The van der Waals surface area contributed by atoms with Crippen molar-refractivity contribution in [2.75, 3.05) is 7.11 Å². The molecule has 70 valence electrons. The SMILES string of the molecule is CO/N=C(/c1ccccc1)C(Br)Br. The molecule has 0 heterocycles. The van der Waals surface area contributed by atoms with Gasteiger partial charge < -0.3 is 4.84 Å². The maximum absolute atomic E-state index is 4.75. The summed E-state index contributed by atoms with van der Waals surface area (Å²) < 4.78 is 0.00218. The van der Waals surface area contributed by atoms with Crippen LogP contribution in [0.1, 0.15) is 5.56 Å². The third-order valence-corrected chi connectivity index (χ3v) is 2.33. The Morgan fingerprint density at radius 3 is 2.38 bits per heavy atom. The maximum Gasteiger partial charge on any atom is 0.116 e. The third-order valence-electron chi connectivity index (χ3n) is 1.47. The van der Waals surface area contributed by atoms with E-state index < -0.39 is 0 Å². The van der Waals surface area contributed by atoms with Gasteiger partial charge in [0, 0.05) is 5.56 Å². The molecule has 0 N–H and O–H groups in total. The largest absolute Gasteiger partial charge is 0.399 e. The van der Waals surface area contributed by atoms with Crippen LogP contribution in [0.4, 0.5) is 0 Å². The van der Waals surface area contributed by atoms with Gasteiger partial charge in [-0.25, -0.2) is 0 Å². The first-order valence-electron chi connectivity index (χ1n) is 3.70. The highest BCUT2D eigenvalue weighted by Gasteiger charge is 2.11. The molecule has 13 heavy (non-hydrogen) atoms. The van der Waals surface area contributed by atoms with Crippen molar-refractivity contribution < 1.29 is 4.84 Å². The van der Waals surface area contributed by atoms with Gasteiger partial charge in [-0.3, -0.25) is 0 Å². The van der Waals surface area contributed by atoms with Gasteiger partial charge >= 0.3 is 0 Å². The second-order valence-electron chi connectivity index (χ2n) is 2.33. The van der Waals surface area contributed by atoms with E-state index in [-0.39, 0.29) is 3.74 Å². The fourth-order valence-corrected chi connectivity index (χ4v) is 1.62. The van der Waals surface area contributed by atoms with Gasteiger partial charge in [-0.2, -0.15) is 0 Å². The number of halogens is 2. The molecule has 1 aromatic rings. The van der Waals surface area contributed by atoms with Crippen molar-refractivity contribution in [1.82, 2.24) is 0 Å². The van der Waals surface area contributed by atoms with E-state index >= 15 is 0 Å². The van der Waals surface area contributed by atoms with Gasteiger partial charge in [-0.15, -0.1) is 0 Å². The van der Waals surface area contributed by atoms with Crippen LogP contribution in [0.25, 0.3) is 0 Å². The second-order valence-corrected chi connectivity index (χ2v) is 5.39. The highest BCUT2D eigenvalue weighted by atomic mass is 79.9. The van der Waals surface area contributed by atoms with E-state index in [1.165, 1.54) is 7.11 Å². The molecule has 2 nitrogen and oxygen atoms in total. The van der Waals surface area contributed by atoms with E-state index in [4.69, 9.17) is 4.84 Å². The molecule has 0 atom stereocenters.